The Morgan fingerprint density at radius 3 is 2.43 bits per heavy atom. The number of benzene rings is 1. The van der Waals surface area contributed by atoms with Crippen LogP contribution < -0.4 is 0 Å². The summed E-state index contributed by atoms with van der Waals surface area (Å²) in [5.74, 6) is 0.857. The molecule has 2 fully saturated rings. The van der Waals surface area contributed by atoms with Crippen LogP contribution in [0, 0.1) is 11.8 Å². The van der Waals surface area contributed by atoms with Gasteiger partial charge >= 0.3 is 0 Å². The summed E-state index contributed by atoms with van der Waals surface area (Å²) < 4.78 is 2.06. The SMILES string of the molecule is CC(C)CN(CC(=O)N(Cc1cccn1C)C1CC1)C(=O)C1CC1c1ccccc1. The number of carbonyl (C=O) groups excluding carboxylic acids is 2. The molecular formula is C25H33N3O2. The van der Waals surface area contributed by atoms with Crippen LogP contribution in [0.25, 0.3) is 0 Å². The van der Waals surface area contributed by atoms with Crippen molar-refractivity contribution >= 4 is 11.8 Å². The van der Waals surface area contributed by atoms with Gasteiger partial charge in [-0.2, -0.15) is 0 Å². The molecule has 0 radical (unpaired) electrons. The van der Waals surface area contributed by atoms with Crippen LogP contribution in [0.1, 0.15) is 50.3 Å². The van der Waals surface area contributed by atoms with Crippen molar-refractivity contribution in [3.63, 3.8) is 0 Å². The monoisotopic (exact) mass is 407 g/mol. The second kappa shape index (κ2) is 8.66. The van der Waals surface area contributed by atoms with Crippen molar-refractivity contribution < 1.29 is 9.59 Å². The van der Waals surface area contributed by atoms with Crippen LogP contribution in [0.2, 0.25) is 0 Å². The van der Waals surface area contributed by atoms with Gasteiger partial charge in [-0.05, 0) is 48.8 Å². The van der Waals surface area contributed by atoms with E-state index in [9.17, 15) is 9.59 Å². The highest BCUT2D eigenvalue weighted by molar-refractivity contribution is 5.88. The highest BCUT2D eigenvalue weighted by atomic mass is 16.2. The van der Waals surface area contributed by atoms with Crippen LogP contribution in [-0.4, -0.2) is 45.3 Å². The second-order valence-corrected chi connectivity index (χ2v) is 9.34. The normalized spacial score (nSPS) is 20.3. The second-order valence-electron chi connectivity index (χ2n) is 9.34. The van der Waals surface area contributed by atoms with E-state index in [4.69, 9.17) is 0 Å². The Labute approximate surface area is 179 Å². The molecule has 5 heteroatoms. The molecule has 5 nitrogen and oxygen atoms in total. The third-order valence-corrected chi connectivity index (χ3v) is 6.25. The van der Waals surface area contributed by atoms with Crippen LogP contribution in [-0.2, 0) is 23.2 Å². The lowest BCUT2D eigenvalue weighted by atomic mass is 10.1. The van der Waals surface area contributed by atoms with E-state index in [0.29, 0.717) is 31.0 Å². The van der Waals surface area contributed by atoms with Gasteiger partial charge in [0.05, 0.1) is 13.1 Å². The highest BCUT2D eigenvalue weighted by Crippen LogP contribution is 2.48. The van der Waals surface area contributed by atoms with Gasteiger partial charge in [0.15, 0.2) is 0 Å². The number of nitrogens with zero attached hydrogens (tertiary/aromatic N) is 3. The molecule has 2 saturated carbocycles. The number of rotatable bonds is 9. The quantitative estimate of drug-likeness (QED) is 0.635. The van der Waals surface area contributed by atoms with Crippen molar-refractivity contribution in [3.05, 3.63) is 59.9 Å². The zero-order chi connectivity index (χ0) is 21.3. The van der Waals surface area contributed by atoms with E-state index in [0.717, 1.165) is 25.0 Å². The van der Waals surface area contributed by atoms with Crippen molar-refractivity contribution in [2.24, 2.45) is 18.9 Å². The summed E-state index contributed by atoms with van der Waals surface area (Å²) >= 11 is 0. The van der Waals surface area contributed by atoms with Gasteiger partial charge in [0.25, 0.3) is 0 Å². The maximum absolute atomic E-state index is 13.3. The van der Waals surface area contributed by atoms with Crippen molar-refractivity contribution in [1.82, 2.24) is 14.4 Å². The Morgan fingerprint density at radius 2 is 1.83 bits per heavy atom. The number of amides is 2. The summed E-state index contributed by atoms with van der Waals surface area (Å²) in [6, 6.07) is 14.7. The third kappa shape index (κ3) is 4.77. The minimum absolute atomic E-state index is 0.0150. The largest absolute Gasteiger partial charge is 0.353 e. The average molecular weight is 408 g/mol. The zero-order valence-corrected chi connectivity index (χ0v) is 18.3. The minimum atomic E-state index is 0.0150. The lowest BCUT2D eigenvalue weighted by molar-refractivity contribution is -0.142. The fourth-order valence-corrected chi connectivity index (χ4v) is 4.34. The van der Waals surface area contributed by atoms with Crippen molar-refractivity contribution in [2.45, 2.75) is 51.6 Å². The fraction of sp³-hybridized carbons (Fsp3) is 0.520. The third-order valence-electron chi connectivity index (χ3n) is 6.25. The fourth-order valence-electron chi connectivity index (χ4n) is 4.34. The molecule has 0 spiro atoms. The summed E-state index contributed by atoms with van der Waals surface area (Å²) in [4.78, 5) is 30.4. The van der Waals surface area contributed by atoms with Gasteiger partial charge < -0.3 is 14.4 Å². The Hall–Kier alpha value is -2.56. The molecule has 1 heterocycles. The van der Waals surface area contributed by atoms with Crippen molar-refractivity contribution in [2.75, 3.05) is 13.1 Å². The summed E-state index contributed by atoms with van der Waals surface area (Å²) in [6.07, 6.45) is 5.03. The number of hydrogen-bond acceptors (Lipinski definition) is 2. The summed E-state index contributed by atoms with van der Waals surface area (Å²) in [6.45, 7) is 5.65. The van der Waals surface area contributed by atoms with Gasteiger partial charge in [0.2, 0.25) is 11.8 Å². The molecular weight excluding hydrogens is 374 g/mol. The molecule has 160 valence electrons. The molecule has 2 aliphatic rings. The molecule has 1 aromatic carbocycles. The van der Waals surface area contributed by atoms with Crippen LogP contribution in [0.3, 0.4) is 0 Å². The number of hydrogen-bond donors (Lipinski definition) is 0. The standard InChI is InChI=1S/C25H33N3O2/c1-18(2)15-27(25(30)23-14-22(23)19-8-5-4-6-9-19)17-24(29)28(20-11-12-20)16-21-10-7-13-26(21)3/h4-10,13,18,20,22-23H,11-12,14-17H2,1-3H3. The molecule has 0 aliphatic heterocycles. The lowest BCUT2D eigenvalue weighted by Crippen LogP contribution is -2.45. The van der Waals surface area contributed by atoms with E-state index in [1.165, 1.54) is 5.56 Å². The van der Waals surface area contributed by atoms with Gasteiger partial charge in [-0.3, -0.25) is 9.59 Å². The predicted molar refractivity (Wildman–Crippen MR) is 118 cm³/mol. The zero-order valence-electron chi connectivity index (χ0n) is 18.3. The molecule has 30 heavy (non-hydrogen) atoms. The van der Waals surface area contributed by atoms with Crippen molar-refractivity contribution in [3.8, 4) is 0 Å². The smallest absolute Gasteiger partial charge is 0.242 e. The maximum atomic E-state index is 13.3. The first-order valence-electron chi connectivity index (χ1n) is 11.2. The Bertz CT molecular complexity index is 885. The summed E-state index contributed by atoms with van der Waals surface area (Å²) in [5.41, 5.74) is 2.36. The molecule has 2 amide bonds. The van der Waals surface area contributed by atoms with Crippen LogP contribution >= 0.6 is 0 Å². The molecule has 1 aromatic heterocycles. The summed E-state index contributed by atoms with van der Waals surface area (Å²) in [5, 5.41) is 0. The lowest BCUT2D eigenvalue weighted by Gasteiger charge is -2.29. The maximum Gasteiger partial charge on any atom is 0.242 e. The number of aryl methyl sites for hydroxylation is 1. The average Bonchev–Trinajstić information content (AvgIpc) is 3.64. The van der Waals surface area contributed by atoms with Gasteiger partial charge in [-0.25, -0.2) is 0 Å². The Balaban J connectivity index is 1.43. The number of carbonyl (C=O) groups is 2. The molecule has 0 saturated heterocycles. The molecule has 4 rings (SSSR count). The van der Waals surface area contributed by atoms with Crippen LogP contribution in [0.5, 0.6) is 0 Å². The van der Waals surface area contributed by atoms with Gasteiger partial charge in [-0.15, -0.1) is 0 Å². The Morgan fingerprint density at radius 1 is 1.10 bits per heavy atom. The van der Waals surface area contributed by atoms with E-state index in [1.807, 2.05) is 47.3 Å². The van der Waals surface area contributed by atoms with E-state index < -0.39 is 0 Å². The van der Waals surface area contributed by atoms with Crippen LogP contribution in [0.15, 0.2) is 48.7 Å². The van der Waals surface area contributed by atoms with E-state index in [2.05, 4.69) is 36.6 Å². The number of aromatic nitrogens is 1. The first-order valence-corrected chi connectivity index (χ1v) is 11.2. The van der Waals surface area contributed by atoms with E-state index in [1.54, 1.807) is 0 Å². The predicted octanol–water partition coefficient (Wildman–Crippen LogP) is 3.80. The summed E-state index contributed by atoms with van der Waals surface area (Å²) in [7, 11) is 2.01. The molecule has 0 bridgehead atoms. The highest BCUT2D eigenvalue weighted by Gasteiger charge is 2.46. The molecule has 2 aromatic rings. The first-order chi connectivity index (χ1) is 14.4. The van der Waals surface area contributed by atoms with Gasteiger partial charge in [0, 0.05) is 37.4 Å². The molecule has 2 atom stereocenters. The van der Waals surface area contributed by atoms with Crippen molar-refractivity contribution in [1.29, 1.82) is 0 Å². The Kier molecular flexibility index (Phi) is 5.98. The van der Waals surface area contributed by atoms with E-state index >= 15 is 0 Å². The topological polar surface area (TPSA) is 45.6 Å². The first kappa shape index (κ1) is 20.7. The van der Waals surface area contributed by atoms with Crippen LogP contribution in [0.4, 0.5) is 0 Å². The van der Waals surface area contributed by atoms with E-state index in [-0.39, 0.29) is 24.3 Å². The minimum Gasteiger partial charge on any atom is -0.353 e. The molecule has 2 unspecified atom stereocenters. The van der Waals surface area contributed by atoms with Gasteiger partial charge in [-0.1, -0.05) is 44.2 Å². The molecule has 0 N–H and O–H groups in total. The molecule has 2 aliphatic carbocycles. The van der Waals surface area contributed by atoms with Gasteiger partial charge in [0.1, 0.15) is 0 Å².